The highest BCUT2D eigenvalue weighted by atomic mass is 16.5. The molecule has 0 aromatic heterocycles. The van der Waals surface area contributed by atoms with Crippen molar-refractivity contribution in [2.24, 2.45) is 5.73 Å². The van der Waals surface area contributed by atoms with Crippen LogP contribution in [0.2, 0.25) is 0 Å². The van der Waals surface area contributed by atoms with Crippen molar-refractivity contribution in [3.05, 3.63) is 35.9 Å². The molecule has 0 saturated carbocycles. The van der Waals surface area contributed by atoms with Crippen molar-refractivity contribution in [1.29, 1.82) is 0 Å². The number of amides is 1. The summed E-state index contributed by atoms with van der Waals surface area (Å²) in [6, 6.07) is 7.83. The minimum absolute atomic E-state index is 0.0282. The molecule has 1 heterocycles. The Hall–Kier alpha value is -1.81. The molecular weight excluding hydrogens is 252 g/mol. The maximum Gasteiger partial charge on any atom is 0.246 e. The first kappa shape index (κ1) is 14.6. The van der Waals surface area contributed by atoms with E-state index in [1.165, 1.54) is 0 Å². The SMILES string of the molecule is CC(C)Oc1ccc(/C=C/C(=O)N2CCC(N)C2)cc1. The van der Waals surface area contributed by atoms with Gasteiger partial charge in [-0.05, 0) is 44.0 Å². The van der Waals surface area contributed by atoms with Crippen molar-refractivity contribution in [1.82, 2.24) is 4.90 Å². The lowest BCUT2D eigenvalue weighted by Crippen LogP contribution is -2.30. The minimum atomic E-state index is 0.0282. The molecule has 1 atom stereocenters. The first-order valence-corrected chi connectivity index (χ1v) is 7.04. The Morgan fingerprint density at radius 2 is 2.10 bits per heavy atom. The number of nitrogens with two attached hydrogens (primary N) is 1. The summed E-state index contributed by atoms with van der Waals surface area (Å²) in [5.41, 5.74) is 6.78. The summed E-state index contributed by atoms with van der Waals surface area (Å²) in [5.74, 6) is 0.870. The van der Waals surface area contributed by atoms with Gasteiger partial charge in [0, 0.05) is 25.2 Å². The number of carbonyl (C=O) groups excluding carboxylic acids is 1. The molecule has 1 aliphatic heterocycles. The van der Waals surface area contributed by atoms with Crippen molar-refractivity contribution >= 4 is 12.0 Å². The summed E-state index contributed by atoms with van der Waals surface area (Å²) in [6.45, 7) is 5.40. The Balaban J connectivity index is 1.92. The van der Waals surface area contributed by atoms with E-state index in [0.717, 1.165) is 24.3 Å². The number of rotatable bonds is 4. The van der Waals surface area contributed by atoms with Gasteiger partial charge in [0.2, 0.25) is 5.91 Å². The van der Waals surface area contributed by atoms with Crippen LogP contribution in [0.1, 0.15) is 25.8 Å². The van der Waals surface area contributed by atoms with Gasteiger partial charge < -0.3 is 15.4 Å². The largest absolute Gasteiger partial charge is 0.491 e. The average Bonchev–Trinajstić information content (AvgIpc) is 2.84. The van der Waals surface area contributed by atoms with Crippen LogP contribution in [0, 0.1) is 0 Å². The fraction of sp³-hybridized carbons (Fsp3) is 0.438. The van der Waals surface area contributed by atoms with Crippen LogP contribution in [0.25, 0.3) is 6.08 Å². The first-order chi connectivity index (χ1) is 9.54. The monoisotopic (exact) mass is 274 g/mol. The molecule has 2 rings (SSSR count). The van der Waals surface area contributed by atoms with Gasteiger partial charge in [-0.25, -0.2) is 0 Å². The summed E-state index contributed by atoms with van der Waals surface area (Å²) in [5, 5.41) is 0. The minimum Gasteiger partial charge on any atom is -0.491 e. The third-order valence-electron chi connectivity index (χ3n) is 3.21. The molecule has 4 nitrogen and oxygen atoms in total. The van der Waals surface area contributed by atoms with Gasteiger partial charge in [0.15, 0.2) is 0 Å². The molecule has 0 aliphatic carbocycles. The number of hydrogen-bond acceptors (Lipinski definition) is 3. The standard InChI is InChI=1S/C16H22N2O2/c1-12(2)20-15-6-3-13(4-7-15)5-8-16(19)18-10-9-14(17)11-18/h3-8,12,14H,9-11,17H2,1-2H3/b8-5+. The lowest BCUT2D eigenvalue weighted by Gasteiger charge is -2.12. The molecule has 20 heavy (non-hydrogen) atoms. The van der Waals surface area contributed by atoms with Crippen LogP contribution in [0.4, 0.5) is 0 Å². The van der Waals surface area contributed by atoms with Crippen LogP contribution in [0.3, 0.4) is 0 Å². The molecule has 1 aromatic carbocycles. The van der Waals surface area contributed by atoms with Gasteiger partial charge in [-0.1, -0.05) is 12.1 Å². The lowest BCUT2D eigenvalue weighted by molar-refractivity contribution is -0.124. The normalized spacial score (nSPS) is 19.0. The second-order valence-corrected chi connectivity index (χ2v) is 5.40. The maximum absolute atomic E-state index is 11.9. The van der Waals surface area contributed by atoms with Crippen LogP contribution < -0.4 is 10.5 Å². The maximum atomic E-state index is 11.9. The molecule has 0 radical (unpaired) electrons. The van der Waals surface area contributed by atoms with Crippen molar-refractivity contribution in [2.75, 3.05) is 13.1 Å². The Kier molecular flexibility index (Phi) is 4.79. The third kappa shape index (κ3) is 4.10. The van der Waals surface area contributed by atoms with E-state index in [9.17, 15) is 4.79 Å². The van der Waals surface area contributed by atoms with Crippen LogP contribution in [-0.2, 0) is 4.79 Å². The van der Waals surface area contributed by atoms with E-state index >= 15 is 0 Å². The fourth-order valence-corrected chi connectivity index (χ4v) is 2.19. The molecule has 0 spiro atoms. The van der Waals surface area contributed by atoms with Crippen LogP contribution >= 0.6 is 0 Å². The van der Waals surface area contributed by atoms with Crippen LogP contribution in [0.15, 0.2) is 30.3 Å². The summed E-state index contributed by atoms with van der Waals surface area (Å²) in [4.78, 5) is 13.7. The van der Waals surface area contributed by atoms with E-state index in [1.54, 1.807) is 11.0 Å². The highest BCUT2D eigenvalue weighted by Gasteiger charge is 2.21. The average molecular weight is 274 g/mol. The summed E-state index contributed by atoms with van der Waals surface area (Å²) < 4.78 is 5.57. The molecule has 0 bridgehead atoms. The quantitative estimate of drug-likeness (QED) is 0.855. The molecule has 4 heteroatoms. The second kappa shape index (κ2) is 6.57. The second-order valence-electron chi connectivity index (χ2n) is 5.40. The third-order valence-corrected chi connectivity index (χ3v) is 3.21. The van der Waals surface area contributed by atoms with E-state index in [4.69, 9.17) is 10.5 Å². The van der Waals surface area contributed by atoms with Crippen LogP contribution in [-0.4, -0.2) is 36.0 Å². The van der Waals surface area contributed by atoms with E-state index in [2.05, 4.69) is 0 Å². The predicted molar refractivity (Wildman–Crippen MR) is 80.4 cm³/mol. The molecule has 108 valence electrons. The highest BCUT2D eigenvalue weighted by molar-refractivity contribution is 5.92. The summed E-state index contributed by atoms with van der Waals surface area (Å²) in [6.07, 6.45) is 4.49. The number of ether oxygens (including phenoxy) is 1. The van der Waals surface area contributed by atoms with E-state index < -0.39 is 0 Å². The zero-order valence-electron chi connectivity index (χ0n) is 12.1. The highest BCUT2D eigenvalue weighted by Crippen LogP contribution is 2.15. The Bertz CT molecular complexity index is 480. The lowest BCUT2D eigenvalue weighted by atomic mass is 10.2. The van der Waals surface area contributed by atoms with Crippen molar-refractivity contribution in [3.63, 3.8) is 0 Å². The van der Waals surface area contributed by atoms with Gasteiger partial charge in [0.05, 0.1) is 6.10 Å². The van der Waals surface area contributed by atoms with Gasteiger partial charge in [-0.3, -0.25) is 4.79 Å². The van der Waals surface area contributed by atoms with Gasteiger partial charge in [0.1, 0.15) is 5.75 Å². The molecule has 1 amide bonds. The molecule has 1 aromatic rings. The number of carbonyl (C=O) groups is 1. The molecule has 1 unspecified atom stereocenters. The zero-order valence-corrected chi connectivity index (χ0v) is 12.1. The van der Waals surface area contributed by atoms with E-state index in [0.29, 0.717) is 6.54 Å². The van der Waals surface area contributed by atoms with E-state index in [1.807, 2.05) is 44.2 Å². The fourth-order valence-electron chi connectivity index (χ4n) is 2.19. The van der Waals surface area contributed by atoms with E-state index in [-0.39, 0.29) is 18.1 Å². The first-order valence-electron chi connectivity index (χ1n) is 7.04. The predicted octanol–water partition coefficient (Wildman–Crippen LogP) is 2.05. The van der Waals surface area contributed by atoms with Gasteiger partial charge >= 0.3 is 0 Å². The Morgan fingerprint density at radius 3 is 2.65 bits per heavy atom. The van der Waals surface area contributed by atoms with Crippen molar-refractivity contribution in [3.8, 4) is 5.75 Å². The molecule has 1 saturated heterocycles. The number of nitrogens with zero attached hydrogens (tertiary/aromatic N) is 1. The smallest absolute Gasteiger partial charge is 0.246 e. The van der Waals surface area contributed by atoms with Gasteiger partial charge in [-0.15, -0.1) is 0 Å². The summed E-state index contributed by atoms with van der Waals surface area (Å²) in [7, 11) is 0. The van der Waals surface area contributed by atoms with Gasteiger partial charge in [-0.2, -0.15) is 0 Å². The Labute approximate surface area is 120 Å². The number of likely N-dealkylation sites (tertiary alicyclic amines) is 1. The summed E-state index contributed by atoms with van der Waals surface area (Å²) >= 11 is 0. The molecular formula is C16H22N2O2. The van der Waals surface area contributed by atoms with Crippen molar-refractivity contribution < 1.29 is 9.53 Å². The zero-order chi connectivity index (χ0) is 14.5. The number of hydrogen-bond donors (Lipinski definition) is 1. The van der Waals surface area contributed by atoms with Gasteiger partial charge in [0.25, 0.3) is 0 Å². The van der Waals surface area contributed by atoms with Crippen molar-refractivity contribution in [2.45, 2.75) is 32.4 Å². The molecule has 1 fully saturated rings. The van der Waals surface area contributed by atoms with Crippen LogP contribution in [0.5, 0.6) is 5.75 Å². The Morgan fingerprint density at radius 1 is 1.40 bits per heavy atom. The topological polar surface area (TPSA) is 55.6 Å². The number of benzene rings is 1. The molecule has 2 N–H and O–H groups in total. The molecule has 1 aliphatic rings.